The molecule has 0 unspecified atom stereocenters. The number of anilines is 1. The van der Waals surface area contributed by atoms with E-state index in [9.17, 15) is 4.39 Å². The standard InChI is InChI=1S/C12H16BrFN2OS/c1-2-5-16(6-7-17)9-4-3-8(12(15)18)10(13)11(9)14/h3-4,17H,2,5-7H2,1H3,(H2,15,18). The average molecular weight is 335 g/mol. The Labute approximate surface area is 120 Å². The molecule has 0 aliphatic heterocycles. The molecule has 0 heterocycles. The molecule has 0 aliphatic carbocycles. The fourth-order valence-corrected chi connectivity index (χ4v) is 2.57. The average Bonchev–Trinajstić information content (AvgIpc) is 2.32. The van der Waals surface area contributed by atoms with E-state index in [0.717, 1.165) is 6.42 Å². The molecule has 0 aliphatic rings. The van der Waals surface area contributed by atoms with Crippen molar-refractivity contribution in [1.82, 2.24) is 0 Å². The first kappa shape index (κ1) is 15.3. The predicted molar refractivity (Wildman–Crippen MR) is 79.6 cm³/mol. The summed E-state index contributed by atoms with van der Waals surface area (Å²) in [5.41, 5.74) is 6.43. The summed E-state index contributed by atoms with van der Waals surface area (Å²) in [5, 5.41) is 9.01. The number of hydrogen-bond acceptors (Lipinski definition) is 3. The molecule has 3 nitrogen and oxygen atoms in total. The minimum atomic E-state index is -0.401. The summed E-state index contributed by atoms with van der Waals surface area (Å²) < 4.78 is 14.5. The number of nitrogens with two attached hydrogens (primary N) is 1. The van der Waals surface area contributed by atoms with Crippen molar-refractivity contribution < 1.29 is 9.50 Å². The van der Waals surface area contributed by atoms with Crippen molar-refractivity contribution >= 4 is 38.8 Å². The molecule has 0 fully saturated rings. The lowest BCUT2D eigenvalue weighted by molar-refractivity contribution is 0.301. The van der Waals surface area contributed by atoms with E-state index in [1.54, 1.807) is 17.0 Å². The van der Waals surface area contributed by atoms with Crippen LogP contribution in [0.3, 0.4) is 0 Å². The van der Waals surface area contributed by atoms with Crippen molar-refractivity contribution in [2.75, 3.05) is 24.6 Å². The summed E-state index contributed by atoms with van der Waals surface area (Å²) in [6.07, 6.45) is 0.869. The Hall–Kier alpha value is -0.720. The fourth-order valence-electron chi connectivity index (χ4n) is 1.72. The third-order valence-corrected chi connectivity index (χ3v) is 3.53. The predicted octanol–water partition coefficient (Wildman–Crippen LogP) is 2.43. The van der Waals surface area contributed by atoms with E-state index in [-0.39, 0.29) is 16.1 Å². The molecule has 0 spiro atoms. The topological polar surface area (TPSA) is 49.5 Å². The Morgan fingerprint density at radius 3 is 2.67 bits per heavy atom. The molecule has 1 aromatic carbocycles. The zero-order valence-electron chi connectivity index (χ0n) is 10.1. The first-order chi connectivity index (χ1) is 8.52. The maximum absolute atomic E-state index is 14.2. The van der Waals surface area contributed by atoms with E-state index in [4.69, 9.17) is 23.1 Å². The molecule has 0 saturated carbocycles. The molecule has 3 N–H and O–H groups in total. The number of aliphatic hydroxyl groups is 1. The van der Waals surface area contributed by atoms with Gasteiger partial charge in [0.15, 0.2) is 5.82 Å². The molecule has 1 aromatic rings. The van der Waals surface area contributed by atoms with Gasteiger partial charge in [-0.3, -0.25) is 0 Å². The van der Waals surface area contributed by atoms with E-state index in [2.05, 4.69) is 15.9 Å². The van der Waals surface area contributed by atoms with Crippen LogP contribution in [-0.4, -0.2) is 29.8 Å². The molecule has 6 heteroatoms. The quantitative estimate of drug-likeness (QED) is 0.784. The molecule has 0 saturated heterocycles. The van der Waals surface area contributed by atoms with Crippen LogP contribution in [0.15, 0.2) is 16.6 Å². The highest BCUT2D eigenvalue weighted by Gasteiger charge is 2.16. The van der Waals surface area contributed by atoms with E-state index in [1.165, 1.54) is 0 Å². The molecule has 0 amide bonds. The maximum Gasteiger partial charge on any atom is 0.161 e. The third kappa shape index (κ3) is 3.40. The van der Waals surface area contributed by atoms with Gasteiger partial charge in [0.2, 0.25) is 0 Å². The first-order valence-electron chi connectivity index (χ1n) is 5.66. The molecule has 0 radical (unpaired) electrons. The van der Waals surface area contributed by atoms with Crippen molar-refractivity contribution in [2.24, 2.45) is 5.73 Å². The van der Waals surface area contributed by atoms with Gasteiger partial charge in [-0.05, 0) is 34.5 Å². The van der Waals surface area contributed by atoms with Gasteiger partial charge in [-0.15, -0.1) is 0 Å². The van der Waals surface area contributed by atoms with Gasteiger partial charge in [-0.2, -0.15) is 0 Å². The van der Waals surface area contributed by atoms with Crippen molar-refractivity contribution in [3.63, 3.8) is 0 Å². The Morgan fingerprint density at radius 2 is 2.17 bits per heavy atom. The summed E-state index contributed by atoms with van der Waals surface area (Å²) in [5.74, 6) is -0.401. The van der Waals surface area contributed by atoms with E-state index in [1.807, 2.05) is 6.92 Å². The molecule has 0 aromatic heterocycles. The number of hydrogen-bond donors (Lipinski definition) is 2. The first-order valence-corrected chi connectivity index (χ1v) is 6.86. The van der Waals surface area contributed by atoms with Crippen molar-refractivity contribution in [2.45, 2.75) is 13.3 Å². The molecular formula is C12H16BrFN2OS. The van der Waals surface area contributed by atoms with Crippen LogP contribution in [0.25, 0.3) is 0 Å². The van der Waals surface area contributed by atoms with Crippen molar-refractivity contribution in [3.8, 4) is 0 Å². The van der Waals surface area contributed by atoms with E-state index in [0.29, 0.717) is 24.3 Å². The molecule has 1 rings (SSSR count). The molecule has 0 atom stereocenters. The number of thiocarbonyl (C=S) groups is 1. The van der Waals surface area contributed by atoms with Crippen LogP contribution < -0.4 is 10.6 Å². The number of nitrogens with zero attached hydrogens (tertiary/aromatic N) is 1. The van der Waals surface area contributed by atoms with Crippen LogP contribution in [0.5, 0.6) is 0 Å². The summed E-state index contributed by atoms with van der Waals surface area (Å²) in [7, 11) is 0. The minimum Gasteiger partial charge on any atom is -0.395 e. The van der Waals surface area contributed by atoms with Gasteiger partial charge in [0.25, 0.3) is 0 Å². The van der Waals surface area contributed by atoms with Crippen molar-refractivity contribution in [3.05, 3.63) is 28.0 Å². The molecule has 18 heavy (non-hydrogen) atoms. The van der Waals surface area contributed by atoms with Crippen LogP contribution in [-0.2, 0) is 0 Å². The maximum atomic E-state index is 14.2. The number of halogens is 2. The highest BCUT2D eigenvalue weighted by atomic mass is 79.9. The second kappa shape index (κ2) is 7.01. The lowest BCUT2D eigenvalue weighted by atomic mass is 10.1. The smallest absolute Gasteiger partial charge is 0.161 e. The number of benzene rings is 1. The third-order valence-electron chi connectivity index (χ3n) is 2.53. The zero-order chi connectivity index (χ0) is 13.7. The molecule has 100 valence electrons. The second-order valence-electron chi connectivity index (χ2n) is 3.84. The van der Waals surface area contributed by atoms with Crippen LogP contribution in [0.2, 0.25) is 0 Å². The Bertz CT molecular complexity index is 436. The normalized spacial score (nSPS) is 10.4. The lowest BCUT2D eigenvalue weighted by Crippen LogP contribution is -2.28. The van der Waals surface area contributed by atoms with Crippen LogP contribution in [0, 0.1) is 5.82 Å². The van der Waals surface area contributed by atoms with Gasteiger partial charge >= 0.3 is 0 Å². The van der Waals surface area contributed by atoms with Gasteiger partial charge in [0.1, 0.15) is 4.99 Å². The van der Waals surface area contributed by atoms with Crippen LogP contribution in [0.4, 0.5) is 10.1 Å². The Balaban J connectivity index is 3.16. The highest BCUT2D eigenvalue weighted by Crippen LogP contribution is 2.29. The Morgan fingerprint density at radius 1 is 1.50 bits per heavy atom. The van der Waals surface area contributed by atoms with Crippen LogP contribution >= 0.6 is 28.1 Å². The molecular weight excluding hydrogens is 319 g/mol. The van der Waals surface area contributed by atoms with E-state index < -0.39 is 5.82 Å². The van der Waals surface area contributed by atoms with Gasteiger partial charge in [0.05, 0.1) is 16.8 Å². The van der Waals surface area contributed by atoms with Gasteiger partial charge in [-0.1, -0.05) is 19.1 Å². The lowest BCUT2D eigenvalue weighted by Gasteiger charge is -2.24. The second-order valence-corrected chi connectivity index (χ2v) is 5.07. The van der Waals surface area contributed by atoms with E-state index >= 15 is 0 Å². The summed E-state index contributed by atoms with van der Waals surface area (Å²) in [4.78, 5) is 1.94. The van der Waals surface area contributed by atoms with Crippen LogP contribution in [0.1, 0.15) is 18.9 Å². The monoisotopic (exact) mass is 334 g/mol. The number of aliphatic hydroxyl groups excluding tert-OH is 1. The number of rotatable bonds is 6. The van der Waals surface area contributed by atoms with Gasteiger partial charge < -0.3 is 15.7 Å². The summed E-state index contributed by atoms with van der Waals surface area (Å²) in [6, 6.07) is 3.32. The molecule has 0 bridgehead atoms. The summed E-state index contributed by atoms with van der Waals surface area (Å²) in [6.45, 7) is 3.05. The summed E-state index contributed by atoms with van der Waals surface area (Å²) >= 11 is 8.02. The highest BCUT2D eigenvalue weighted by molar-refractivity contribution is 9.10. The zero-order valence-corrected chi connectivity index (χ0v) is 12.5. The fraction of sp³-hybridized carbons (Fsp3) is 0.417. The van der Waals surface area contributed by atoms with Crippen molar-refractivity contribution in [1.29, 1.82) is 0 Å². The SMILES string of the molecule is CCCN(CCO)c1ccc(C(N)=S)c(Br)c1F. The minimum absolute atomic E-state index is 0.0197. The largest absolute Gasteiger partial charge is 0.395 e. The van der Waals surface area contributed by atoms with Gasteiger partial charge in [0, 0.05) is 18.7 Å². The van der Waals surface area contributed by atoms with Gasteiger partial charge in [-0.25, -0.2) is 4.39 Å². The Kier molecular flexibility index (Phi) is 5.98.